The number of nitrogens with zero attached hydrogens (tertiary/aromatic N) is 3. The molecule has 2 aromatic carbocycles. The molecule has 5 aliphatic rings. The summed E-state index contributed by atoms with van der Waals surface area (Å²) in [5.41, 5.74) is 1.79. The maximum atomic E-state index is 14.9. The number of piperidine rings is 1. The van der Waals surface area contributed by atoms with Crippen molar-refractivity contribution in [1.82, 2.24) is 15.1 Å². The van der Waals surface area contributed by atoms with Gasteiger partial charge in [0.25, 0.3) is 0 Å². The average molecular weight is 655 g/mol. The molecule has 46 heavy (non-hydrogen) atoms. The Bertz CT molecular complexity index is 1490. The van der Waals surface area contributed by atoms with E-state index in [1.54, 1.807) is 18.2 Å². The van der Waals surface area contributed by atoms with E-state index >= 15 is 0 Å². The van der Waals surface area contributed by atoms with Gasteiger partial charge in [0.1, 0.15) is 11.1 Å². The van der Waals surface area contributed by atoms with Crippen molar-refractivity contribution in [2.75, 3.05) is 70.5 Å². The monoisotopic (exact) mass is 654 g/mol. The molecule has 0 bridgehead atoms. The van der Waals surface area contributed by atoms with Gasteiger partial charge in [-0.15, -0.1) is 0 Å². The van der Waals surface area contributed by atoms with E-state index < -0.39 is 21.2 Å². The smallest absolute Gasteiger partial charge is 0.404 e. The standard InChI is InChI=1S/C35H47FN4O5S/c36-28-5-1-4-27(18-28)35(24-39-14-3-15-39,32-6-2-7-33(32)37-34(41)42)26-12-16-38(17-13-26)19-25-20-40(21-25)29-8-10-30(11-9-29)46(43,44)31-22-45-23-31/h1,4-5,8-11,18,25-26,31-33,37H,2-3,6-7,12-17,19-24H2,(H,41,42)/t32-,33-,35-/m0/s1. The van der Waals surface area contributed by atoms with Crippen molar-refractivity contribution in [3.63, 3.8) is 0 Å². The minimum atomic E-state index is -3.32. The molecular formula is C35H47FN4O5S. The van der Waals surface area contributed by atoms with Gasteiger partial charge in [-0.3, -0.25) is 0 Å². The topological polar surface area (TPSA) is 102 Å². The summed E-state index contributed by atoms with van der Waals surface area (Å²) in [7, 11) is -3.32. The predicted molar refractivity (Wildman–Crippen MR) is 175 cm³/mol. The molecule has 4 aliphatic heterocycles. The van der Waals surface area contributed by atoms with Crippen LogP contribution in [0.25, 0.3) is 0 Å². The second kappa shape index (κ2) is 13.1. The first-order valence-electron chi connectivity index (χ1n) is 17.1. The Kier molecular flexibility index (Phi) is 9.04. The predicted octanol–water partition coefficient (Wildman–Crippen LogP) is 4.23. The van der Waals surface area contributed by atoms with Crippen molar-refractivity contribution < 1.29 is 27.4 Å². The van der Waals surface area contributed by atoms with Crippen molar-refractivity contribution in [2.24, 2.45) is 17.8 Å². The number of anilines is 1. The third kappa shape index (κ3) is 6.16. The van der Waals surface area contributed by atoms with Crippen LogP contribution in [0.2, 0.25) is 0 Å². The molecule has 1 aliphatic carbocycles. The molecule has 0 radical (unpaired) electrons. The quantitative estimate of drug-likeness (QED) is 0.372. The number of hydrogen-bond donors (Lipinski definition) is 2. The molecule has 0 spiro atoms. The molecule has 0 unspecified atom stereocenters. The van der Waals surface area contributed by atoms with Gasteiger partial charge < -0.3 is 29.9 Å². The SMILES string of the molecule is O=C(O)N[C@H]1CCC[C@@H]1[C@](CN1CCC1)(c1cccc(F)c1)C1CCN(CC2CN(c3ccc(S(=O)(=O)C4COC4)cc3)C2)CC1. The molecule has 9 nitrogen and oxygen atoms in total. The summed E-state index contributed by atoms with van der Waals surface area (Å²) < 4.78 is 45.3. The summed E-state index contributed by atoms with van der Waals surface area (Å²) in [6, 6.07) is 14.4. The van der Waals surface area contributed by atoms with E-state index in [-0.39, 0.29) is 36.4 Å². The van der Waals surface area contributed by atoms with E-state index in [4.69, 9.17) is 4.74 Å². The Morgan fingerprint density at radius 1 is 0.957 bits per heavy atom. The molecule has 250 valence electrons. The fourth-order valence-electron chi connectivity index (χ4n) is 9.01. The van der Waals surface area contributed by atoms with Gasteiger partial charge in [0.2, 0.25) is 0 Å². The maximum Gasteiger partial charge on any atom is 0.404 e. The highest BCUT2D eigenvalue weighted by Gasteiger charge is 2.53. The summed E-state index contributed by atoms with van der Waals surface area (Å²) in [5, 5.41) is 12.2. The zero-order chi connectivity index (χ0) is 31.9. The molecule has 5 fully saturated rings. The average Bonchev–Trinajstić information content (AvgIpc) is 3.41. The van der Waals surface area contributed by atoms with Gasteiger partial charge in [-0.1, -0.05) is 18.6 Å². The first-order valence-corrected chi connectivity index (χ1v) is 18.6. The molecule has 2 aromatic rings. The number of carboxylic acid groups (broad SMARTS) is 1. The lowest BCUT2D eigenvalue weighted by molar-refractivity contribution is 0.0226. The highest BCUT2D eigenvalue weighted by molar-refractivity contribution is 7.92. The molecule has 1 amide bonds. The van der Waals surface area contributed by atoms with Gasteiger partial charge in [-0.25, -0.2) is 17.6 Å². The van der Waals surface area contributed by atoms with E-state index in [1.165, 1.54) is 12.5 Å². The van der Waals surface area contributed by atoms with E-state index in [0.717, 1.165) is 95.7 Å². The van der Waals surface area contributed by atoms with Gasteiger partial charge >= 0.3 is 6.09 Å². The van der Waals surface area contributed by atoms with E-state index in [9.17, 15) is 22.7 Å². The highest BCUT2D eigenvalue weighted by atomic mass is 32.2. The Hall–Kier alpha value is -2.73. The van der Waals surface area contributed by atoms with E-state index in [2.05, 4.69) is 26.1 Å². The highest BCUT2D eigenvalue weighted by Crippen LogP contribution is 2.51. The van der Waals surface area contributed by atoms with Gasteiger partial charge in [-0.2, -0.15) is 0 Å². The third-order valence-electron chi connectivity index (χ3n) is 11.6. The molecular weight excluding hydrogens is 607 g/mol. The van der Waals surface area contributed by atoms with Gasteiger partial charge in [0.15, 0.2) is 9.84 Å². The second-order valence-electron chi connectivity index (χ2n) is 14.3. The number of hydrogen-bond acceptors (Lipinski definition) is 7. The van der Waals surface area contributed by atoms with Crippen LogP contribution in [0.4, 0.5) is 14.9 Å². The number of carbonyl (C=O) groups is 1. The molecule has 7 rings (SSSR count). The molecule has 2 N–H and O–H groups in total. The fourth-order valence-corrected chi connectivity index (χ4v) is 10.5. The van der Waals surface area contributed by atoms with Gasteiger partial charge in [0.05, 0.1) is 18.1 Å². The van der Waals surface area contributed by atoms with Crippen LogP contribution in [-0.2, 0) is 20.0 Å². The lowest BCUT2D eigenvalue weighted by Gasteiger charge is -2.54. The first kappa shape index (κ1) is 31.8. The molecule has 4 saturated heterocycles. The Morgan fingerprint density at radius 3 is 2.30 bits per heavy atom. The number of amides is 1. The summed E-state index contributed by atoms with van der Waals surface area (Å²) in [4.78, 5) is 19.6. The van der Waals surface area contributed by atoms with Crippen LogP contribution in [0.5, 0.6) is 0 Å². The number of halogens is 1. The molecule has 4 heterocycles. The van der Waals surface area contributed by atoms with Crippen LogP contribution < -0.4 is 10.2 Å². The number of nitrogens with one attached hydrogen (secondary N) is 1. The van der Waals surface area contributed by atoms with Crippen molar-refractivity contribution in [3.05, 3.63) is 59.9 Å². The van der Waals surface area contributed by atoms with Gasteiger partial charge in [0, 0.05) is 49.2 Å². The van der Waals surface area contributed by atoms with Crippen LogP contribution in [0.15, 0.2) is 53.4 Å². The van der Waals surface area contributed by atoms with Crippen LogP contribution in [-0.4, -0.2) is 106 Å². The Balaban J connectivity index is 1.01. The van der Waals surface area contributed by atoms with Crippen LogP contribution in [0.1, 0.15) is 44.1 Å². The lowest BCUT2D eigenvalue weighted by atomic mass is 9.57. The van der Waals surface area contributed by atoms with E-state index in [0.29, 0.717) is 16.7 Å². The first-order chi connectivity index (χ1) is 22.2. The third-order valence-corrected chi connectivity index (χ3v) is 13.7. The summed E-state index contributed by atoms with van der Waals surface area (Å²) in [6.45, 7) is 8.42. The second-order valence-corrected chi connectivity index (χ2v) is 16.5. The van der Waals surface area contributed by atoms with E-state index in [1.807, 2.05) is 18.2 Å². The van der Waals surface area contributed by atoms with Crippen molar-refractivity contribution >= 4 is 21.6 Å². The number of likely N-dealkylation sites (tertiary alicyclic amines) is 2. The van der Waals surface area contributed by atoms with Crippen molar-refractivity contribution in [1.29, 1.82) is 0 Å². The largest absolute Gasteiger partial charge is 0.465 e. The van der Waals surface area contributed by atoms with Crippen molar-refractivity contribution in [3.8, 4) is 0 Å². The maximum absolute atomic E-state index is 14.9. The fraction of sp³-hybridized carbons (Fsp3) is 0.629. The zero-order valence-corrected chi connectivity index (χ0v) is 27.3. The number of benzene rings is 2. The Morgan fingerprint density at radius 2 is 1.70 bits per heavy atom. The number of ether oxygens (including phenoxy) is 1. The minimum Gasteiger partial charge on any atom is -0.465 e. The zero-order valence-electron chi connectivity index (χ0n) is 26.5. The minimum absolute atomic E-state index is 0.123. The summed E-state index contributed by atoms with van der Waals surface area (Å²) >= 11 is 0. The molecule has 1 saturated carbocycles. The van der Waals surface area contributed by atoms with Gasteiger partial charge in [-0.05, 0) is 112 Å². The van der Waals surface area contributed by atoms with Crippen LogP contribution >= 0.6 is 0 Å². The molecule has 0 aromatic heterocycles. The molecule has 3 atom stereocenters. The normalized spacial score (nSPS) is 26.6. The summed E-state index contributed by atoms with van der Waals surface area (Å²) in [5.74, 6) is 0.806. The lowest BCUT2D eigenvalue weighted by Crippen LogP contribution is -2.60. The number of rotatable bonds is 11. The Labute approximate surface area is 272 Å². The molecule has 11 heteroatoms. The van der Waals surface area contributed by atoms with Crippen molar-refractivity contribution in [2.45, 2.75) is 60.1 Å². The van der Waals surface area contributed by atoms with Crippen LogP contribution in [0, 0.1) is 23.6 Å². The summed E-state index contributed by atoms with van der Waals surface area (Å²) in [6.07, 6.45) is 5.00. The van der Waals surface area contributed by atoms with Crippen LogP contribution in [0.3, 0.4) is 0 Å². The number of sulfone groups is 1.